The first-order valence-electron chi connectivity index (χ1n) is 3.10. The molecule has 1 aromatic carbocycles. The summed E-state index contributed by atoms with van der Waals surface area (Å²) < 4.78 is 37.8. The van der Waals surface area contributed by atoms with Crippen LogP contribution in [0.15, 0.2) is 6.07 Å². The molecule has 1 rings (SSSR count). The van der Waals surface area contributed by atoms with Gasteiger partial charge in [-0.1, -0.05) is 0 Å². The molecule has 1 aromatic rings. The van der Waals surface area contributed by atoms with Crippen LogP contribution in [0.25, 0.3) is 0 Å². The molecular formula is C8H4F3O. The number of halogens is 3. The lowest BCUT2D eigenvalue weighted by atomic mass is 10.1. The summed E-state index contributed by atoms with van der Waals surface area (Å²) in [7, 11) is 0. The molecule has 4 heteroatoms. The maximum absolute atomic E-state index is 12.8. The topological polar surface area (TPSA) is 17.1 Å². The third kappa shape index (κ3) is 1.20. The van der Waals surface area contributed by atoms with Crippen LogP contribution in [0.5, 0.6) is 0 Å². The van der Waals surface area contributed by atoms with Crippen molar-refractivity contribution in [2.75, 3.05) is 0 Å². The van der Waals surface area contributed by atoms with Gasteiger partial charge >= 0.3 is 0 Å². The van der Waals surface area contributed by atoms with Gasteiger partial charge in [0.15, 0.2) is 11.6 Å². The number of hydrogen-bond acceptors (Lipinski definition) is 1. The van der Waals surface area contributed by atoms with E-state index < -0.39 is 28.6 Å². The molecule has 1 radical (unpaired) electrons. The van der Waals surface area contributed by atoms with Crippen molar-refractivity contribution in [2.24, 2.45) is 0 Å². The van der Waals surface area contributed by atoms with Crippen LogP contribution in [-0.2, 0) is 4.79 Å². The van der Waals surface area contributed by atoms with Crippen LogP contribution in [0.2, 0.25) is 0 Å². The summed E-state index contributed by atoms with van der Waals surface area (Å²) >= 11 is 0. The van der Waals surface area contributed by atoms with E-state index in [1.807, 2.05) is 0 Å². The Morgan fingerprint density at radius 1 is 1.25 bits per heavy atom. The fourth-order valence-corrected chi connectivity index (χ4v) is 0.805. The van der Waals surface area contributed by atoms with E-state index >= 15 is 0 Å². The minimum Gasteiger partial charge on any atom is -0.285 e. The maximum Gasteiger partial charge on any atom is 0.236 e. The van der Waals surface area contributed by atoms with Crippen LogP contribution in [0, 0.1) is 24.4 Å². The summed E-state index contributed by atoms with van der Waals surface area (Å²) in [4.78, 5) is 9.99. The molecule has 0 atom stereocenters. The van der Waals surface area contributed by atoms with E-state index in [0.717, 1.165) is 6.92 Å². The SMILES string of the molecule is Cc1c(F)c(F)cc([C]=O)c1F. The molecule has 0 aromatic heterocycles. The molecule has 0 spiro atoms. The fraction of sp³-hybridized carbons (Fsp3) is 0.125. The van der Waals surface area contributed by atoms with Crippen LogP contribution >= 0.6 is 0 Å². The first-order valence-corrected chi connectivity index (χ1v) is 3.10. The molecule has 63 valence electrons. The summed E-state index contributed by atoms with van der Waals surface area (Å²) in [5, 5.41) is 0. The molecule has 0 saturated heterocycles. The Morgan fingerprint density at radius 2 is 1.83 bits per heavy atom. The molecule has 0 aliphatic heterocycles. The molecule has 0 aliphatic carbocycles. The Bertz CT molecular complexity index is 334. The second-order valence-corrected chi connectivity index (χ2v) is 2.26. The monoisotopic (exact) mass is 173 g/mol. The smallest absolute Gasteiger partial charge is 0.236 e. The van der Waals surface area contributed by atoms with Gasteiger partial charge in [-0.3, -0.25) is 4.79 Å². The van der Waals surface area contributed by atoms with Crippen LogP contribution in [0.3, 0.4) is 0 Å². The minimum atomic E-state index is -1.27. The number of hydrogen-bond donors (Lipinski definition) is 0. The van der Waals surface area contributed by atoms with Gasteiger partial charge in [0.2, 0.25) is 6.29 Å². The molecule has 12 heavy (non-hydrogen) atoms. The molecule has 0 heterocycles. The molecule has 0 N–H and O–H groups in total. The van der Waals surface area contributed by atoms with Gasteiger partial charge in [0.05, 0.1) is 5.56 Å². The van der Waals surface area contributed by atoms with Crippen LogP contribution in [-0.4, -0.2) is 6.29 Å². The maximum atomic E-state index is 12.8. The summed E-state index contributed by atoms with van der Waals surface area (Å²) in [5.41, 5.74) is -1.10. The Hall–Kier alpha value is -1.32. The Kier molecular flexibility index (Phi) is 2.17. The van der Waals surface area contributed by atoms with Gasteiger partial charge in [-0.05, 0) is 13.0 Å². The lowest BCUT2D eigenvalue weighted by Gasteiger charge is -2.00. The van der Waals surface area contributed by atoms with Crippen molar-refractivity contribution in [3.63, 3.8) is 0 Å². The van der Waals surface area contributed by atoms with E-state index in [2.05, 4.69) is 0 Å². The second-order valence-electron chi connectivity index (χ2n) is 2.26. The van der Waals surface area contributed by atoms with Crippen LogP contribution in [0.4, 0.5) is 13.2 Å². The van der Waals surface area contributed by atoms with Crippen molar-refractivity contribution in [2.45, 2.75) is 6.92 Å². The molecular weight excluding hydrogens is 169 g/mol. The Balaban J connectivity index is 3.49. The first-order chi connectivity index (χ1) is 5.57. The average molecular weight is 173 g/mol. The predicted octanol–water partition coefficient (Wildman–Crippen LogP) is 1.87. The van der Waals surface area contributed by atoms with Crippen molar-refractivity contribution in [3.8, 4) is 0 Å². The van der Waals surface area contributed by atoms with Crippen molar-refractivity contribution < 1.29 is 18.0 Å². The fourth-order valence-electron chi connectivity index (χ4n) is 0.805. The summed E-state index contributed by atoms with van der Waals surface area (Å²) in [6, 6.07) is 0.477. The zero-order valence-electron chi connectivity index (χ0n) is 6.12. The molecule has 0 saturated carbocycles. The summed E-state index contributed by atoms with van der Waals surface area (Å²) in [6.45, 7) is 1.05. The van der Waals surface area contributed by atoms with Crippen molar-refractivity contribution in [1.82, 2.24) is 0 Å². The van der Waals surface area contributed by atoms with E-state index in [1.165, 1.54) is 6.29 Å². The molecule has 0 aliphatic rings. The highest BCUT2D eigenvalue weighted by atomic mass is 19.2. The van der Waals surface area contributed by atoms with E-state index in [-0.39, 0.29) is 0 Å². The van der Waals surface area contributed by atoms with Crippen LogP contribution < -0.4 is 0 Å². The highest BCUT2D eigenvalue weighted by Gasteiger charge is 2.14. The molecule has 0 unspecified atom stereocenters. The van der Waals surface area contributed by atoms with Crippen molar-refractivity contribution in [1.29, 1.82) is 0 Å². The lowest BCUT2D eigenvalue weighted by molar-refractivity contribution is 0.483. The minimum absolute atomic E-state index is 0.477. The molecule has 0 amide bonds. The van der Waals surface area contributed by atoms with Gasteiger partial charge in [-0.15, -0.1) is 0 Å². The quantitative estimate of drug-likeness (QED) is 0.592. The number of carbonyl (C=O) groups excluding carboxylic acids is 1. The zero-order chi connectivity index (χ0) is 9.30. The van der Waals surface area contributed by atoms with Gasteiger partial charge in [0.1, 0.15) is 5.82 Å². The lowest BCUT2D eigenvalue weighted by Crippen LogP contribution is -1.99. The Morgan fingerprint density at radius 3 is 2.33 bits per heavy atom. The first kappa shape index (κ1) is 8.77. The largest absolute Gasteiger partial charge is 0.285 e. The van der Waals surface area contributed by atoms with E-state index in [4.69, 9.17) is 0 Å². The summed E-state index contributed by atoms with van der Waals surface area (Å²) in [5.74, 6) is -3.58. The Labute approximate surface area is 66.8 Å². The van der Waals surface area contributed by atoms with Crippen molar-refractivity contribution >= 4 is 6.29 Å². The highest BCUT2D eigenvalue weighted by molar-refractivity contribution is 5.76. The number of benzene rings is 1. The molecule has 1 nitrogen and oxygen atoms in total. The van der Waals surface area contributed by atoms with Crippen molar-refractivity contribution in [3.05, 3.63) is 34.6 Å². The predicted molar refractivity (Wildman–Crippen MR) is 35.8 cm³/mol. The number of rotatable bonds is 1. The average Bonchev–Trinajstić information content (AvgIpc) is 2.08. The zero-order valence-corrected chi connectivity index (χ0v) is 6.12. The standard InChI is InChI=1S/C8H4F3O/c1-4-7(10)5(3-12)2-6(9)8(4)11/h2H,1H3. The normalized spacial score (nSPS) is 10.0. The van der Waals surface area contributed by atoms with E-state index in [0.29, 0.717) is 6.07 Å². The van der Waals surface area contributed by atoms with Crippen LogP contribution in [0.1, 0.15) is 11.1 Å². The van der Waals surface area contributed by atoms with Gasteiger partial charge in [0.25, 0.3) is 0 Å². The third-order valence-corrected chi connectivity index (χ3v) is 1.49. The second kappa shape index (κ2) is 2.97. The third-order valence-electron chi connectivity index (χ3n) is 1.49. The van der Waals surface area contributed by atoms with Gasteiger partial charge in [-0.25, -0.2) is 13.2 Å². The highest BCUT2D eigenvalue weighted by Crippen LogP contribution is 2.17. The van der Waals surface area contributed by atoms with Gasteiger partial charge in [0, 0.05) is 5.56 Å². The molecule has 0 bridgehead atoms. The van der Waals surface area contributed by atoms with Gasteiger partial charge < -0.3 is 0 Å². The van der Waals surface area contributed by atoms with E-state index in [1.54, 1.807) is 0 Å². The molecule has 0 fully saturated rings. The summed E-state index contributed by atoms with van der Waals surface area (Å²) in [6.07, 6.45) is 1.17. The van der Waals surface area contributed by atoms with Gasteiger partial charge in [-0.2, -0.15) is 0 Å². The van der Waals surface area contributed by atoms with E-state index in [9.17, 15) is 18.0 Å².